The minimum Gasteiger partial charge on any atom is -0.324 e. The fourth-order valence-corrected chi connectivity index (χ4v) is 3.19. The minimum absolute atomic E-state index is 0.0589. The molecule has 0 aromatic heterocycles. The maximum Gasteiger partial charge on any atom is 0.238 e. The van der Waals surface area contributed by atoms with Crippen LogP contribution in [0.15, 0.2) is 28.7 Å². The summed E-state index contributed by atoms with van der Waals surface area (Å²) >= 11 is 3.45. The van der Waals surface area contributed by atoms with Crippen LogP contribution >= 0.6 is 15.9 Å². The molecule has 0 spiro atoms. The van der Waals surface area contributed by atoms with Crippen molar-refractivity contribution in [3.63, 3.8) is 0 Å². The second kappa shape index (κ2) is 7.79. The Balaban J connectivity index is 1.85. The van der Waals surface area contributed by atoms with Crippen molar-refractivity contribution in [1.82, 2.24) is 4.90 Å². The molecule has 1 aliphatic carbocycles. The van der Waals surface area contributed by atoms with Crippen molar-refractivity contribution in [2.75, 3.05) is 18.9 Å². The van der Waals surface area contributed by atoms with Crippen LogP contribution in [0.3, 0.4) is 0 Å². The Morgan fingerprint density at radius 1 is 1.25 bits per heavy atom. The monoisotopic (exact) mass is 338 g/mol. The number of hydrogen-bond donors (Lipinski definition) is 1. The normalized spacial score (nSPS) is 16.9. The van der Waals surface area contributed by atoms with Gasteiger partial charge >= 0.3 is 0 Å². The quantitative estimate of drug-likeness (QED) is 0.840. The zero-order valence-corrected chi connectivity index (χ0v) is 13.7. The Hall–Kier alpha value is -0.870. The molecule has 0 saturated heterocycles. The van der Waals surface area contributed by atoms with Gasteiger partial charge in [-0.05, 0) is 48.0 Å². The fourth-order valence-electron chi connectivity index (χ4n) is 2.81. The van der Waals surface area contributed by atoms with E-state index in [1.54, 1.807) is 0 Å². The first-order valence-corrected chi connectivity index (χ1v) is 8.21. The molecule has 1 fully saturated rings. The van der Waals surface area contributed by atoms with Gasteiger partial charge in [0.25, 0.3) is 0 Å². The van der Waals surface area contributed by atoms with Crippen molar-refractivity contribution < 1.29 is 4.79 Å². The van der Waals surface area contributed by atoms with Crippen molar-refractivity contribution in [3.05, 3.63) is 28.7 Å². The minimum atomic E-state index is 0.0589. The summed E-state index contributed by atoms with van der Waals surface area (Å²) in [6, 6.07) is 8.27. The molecule has 20 heavy (non-hydrogen) atoms. The van der Waals surface area contributed by atoms with Crippen LogP contribution in [0.2, 0.25) is 0 Å². The number of anilines is 1. The van der Waals surface area contributed by atoms with Crippen LogP contribution in [-0.4, -0.2) is 30.4 Å². The Bertz CT molecular complexity index is 442. The van der Waals surface area contributed by atoms with Crippen LogP contribution in [0.4, 0.5) is 5.69 Å². The number of likely N-dealkylation sites (N-methyl/N-ethyl adjacent to an activating group) is 1. The lowest BCUT2D eigenvalue weighted by atomic mass is 10.1. The average Bonchev–Trinajstić information content (AvgIpc) is 2.70. The summed E-state index contributed by atoms with van der Waals surface area (Å²) in [5, 5.41) is 2.97. The summed E-state index contributed by atoms with van der Waals surface area (Å²) in [5.41, 5.74) is 0.840. The Labute approximate surface area is 129 Å². The van der Waals surface area contributed by atoms with E-state index in [4.69, 9.17) is 0 Å². The van der Waals surface area contributed by atoms with Gasteiger partial charge in [0, 0.05) is 10.5 Å². The molecule has 0 aliphatic heterocycles. The van der Waals surface area contributed by atoms with E-state index in [0.29, 0.717) is 12.6 Å². The van der Waals surface area contributed by atoms with Crippen molar-refractivity contribution in [2.24, 2.45) is 0 Å². The third kappa shape index (κ3) is 4.60. The van der Waals surface area contributed by atoms with Crippen LogP contribution in [0.1, 0.15) is 38.5 Å². The molecule has 1 aliphatic rings. The topological polar surface area (TPSA) is 32.3 Å². The highest BCUT2D eigenvalue weighted by Gasteiger charge is 2.19. The van der Waals surface area contributed by atoms with E-state index >= 15 is 0 Å². The summed E-state index contributed by atoms with van der Waals surface area (Å²) in [5.74, 6) is 0.0589. The first kappa shape index (κ1) is 15.5. The molecule has 4 heteroatoms. The number of para-hydroxylation sites is 1. The summed E-state index contributed by atoms with van der Waals surface area (Å²) < 4.78 is 0.922. The summed E-state index contributed by atoms with van der Waals surface area (Å²) in [6.07, 6.45) is 7.71. The number of halogens is 1. The lowest BCUT2D eigenvalue weighted by Crippen LogP contribution is -2.37. The Morgan fingerprint density at radius 2 is 1.90 bits per heavy atom. The number of carbonyl (C=O) groups excluding carboxylic acids is 1. The molecular formula is C16H23BrN2O. The van der Waals surface area contributed by atoms with Gasteiger partial charge in [-0.3, -0.25) is 9.69 Å². The molecule has 2 rings (SSSR count). The molecule has 1 aromatic carbocycles. The molecule has 0 bridgehead atoms. The number of rotatable bonds is 4. The number of amides is 1. The first-order chi connectivity index (χ1) is 9.66. The number of nitrogens with zero attached hydrogens (tertiary/aromatic N) is 1. The smallest absolute Gasteiger partial charge is 0.238 e. The molecule has 110 valence electrons. The molecule has 0 unspecified atom stereocenters. The van der Waals surface area contributed by atoms with Crippen LogP contribution in [0, 0.1) is 0 Å². The molecule has 1 amide bonds. The predicted molar refractivity (Wildman–Crippen MR) is 86.9 cm³/mol. The van der Waals surface area contributed by atoms with E-state index in [0.717, 1.165) is 10.2 Å². The Kier molecular flexibility index (Phi) is 6.05. The molecule has 1 N–H and O–H groups in total. The fraction of sp³-hybridized carbons (Fsp3) is 0.562. The van der Waals surface area contributed by atoms with Crippen LogP contribution in [0.25, 0.3) is 0 Å². The van der Waals surface area contributed by atoms with Gasteiger partial charge < -0.3 is 5.32 Å². The maximum atomic E-state index is 12.1. The van der Waals surface area contributed by atoms with E-state index in [2.05, 4.69) is 33.2 Å². The van der Waals surface area contributed by atoms with Crippen molar-refractivity contribution in [3.8, 4) is 0 Å². The third-order valence-electron chi connectivity index (χ3n) is 3.99. The van der Waals surface area contributed by atoms with Gasteiger partial charge in [-0.2, -0.15) is 0 Å². The molecule has 0 heterocycles. The number of nitrogens with one attached hydrogen (secondary N) is 1. The van der Waals surface area contributed by atoms with Gasteiger partial charge in [0.05, 0.1) is 12.2 Å². The first-order valence-electron chi connectivity index (χ1n) is 7.41. The second-order valence-corrected chi connectivity index (χ2v) is 6.44. The van der Waals surface area contributed by atoms with Gasteiger partial charge in [-0.25, -0.2) is 0 Å². The highest BCUT2D eigenvalue weighted by molar-refractivity contribution is 9.10. The molecule has 1 aromatic rings. The van der Waals surface area contributed by atoms with Gasteiger partial charge in [0.1, 0.15) is 0 Å². The van der Waals surface area contributed by atoms with Crippen LogP contribution in [-0.2, 0) is 4.79 Å². The number of benzene rings is 1. The van der Waals surface area contributed by atoms with Crippen LogP contribution in [0.5, 0.6) is 0 Å². The summed E-state index contributed by atoms with van der Waals surface area (Å²) in [6.45, 7) is 0.464. The zero-order chi connectivity index (χ0) is 14.4. The second-order valence-electron chi connectivity index (χ2n) is 5.59. The summed E-state index contributed by atoms with van der Waals surface area (Å²) in [4.78, 5) is 14.3. The highest BCUT2D eigenvalue weighted by atomic mass is 79.9. The maximum absolute atomic E-state index is 12.1. The van der Waals surface area contributed by atoms with Crippen molar-refractivity contribution in [1.29, 1.82) is 0 Å². The number of carbonyl (C=O) groups is 1. The van der Waals surface area contributed by atoms with Crippen molar-refractivity contribution >= 4 is 27.5 Å². The largest absolute Gasteiger partial charge is 0.324 e. The standard InChI is InChI=1S/C16H23BrN2O/c1-19(13-8-4-2-3-5-9-13)12-16(20)18-15-11-7-6-10-14(15)17/h6-7,10-11,13H,2-5,8-9,12H2,1H3,(H,18,20). The zero-order valence-electron chi connectivity index (χ0n) is 12.1. The van der Waals surface area contributed by atoms with Gasteiger partial charge in [-0.1, -0.05) is 37.8 Å². The van der Waals surface area contributed by atoms with Crippen molar-refractivity contribution in [2.45, 2.75) is 44.6 Å². The third-order valence-corrected chi connectivity index (χ3v) is 4.68. The molecule has 1 saturated carbocycles. The average molecular weight is 339 g/mol. The van der Waals surface area contributed by atoms with Gasteiger partial charge in [-0.15, -0.1) is 0 Å². The lowest BCUT2D eigenvalue weighted by Gasteiger charge is -2.26. The summed E-state index contributed by atoms with van der Waals surface area (Å²) in [7, 11) is 2.07. The number of hydrogen-bond acceptors (Lipinski definition) is 2. The lowest BCUT2D eigenvalue weighted by molar-refractivity contribution is -0.117. The van der Waals surface area contributed by atoms with E-state index < -0.39 is 0 Å². The molecule has 3 nitrogen and oxygen atoms in total. The van der Waals surface area contributed by atoms with E-state index in [-0.39, 0.29) is 5.91 Å². The van der Waals surface area contributed by atoms with Gasteiger partial charge in [0.15, 0.2) is 0 Å². The van der Waals surface area contributed by atoms with Gasteiger partial charge in [0.2, 0.25) is 5.91 Å². The predicted octanol–water partition coefficient (Wildman–Crippen LogP) is 4.04. The molecule has 0 atom stereocenters. The van der Waals surface area contributed by atoms with E-state index in [9.17, 15) is 4.79 Å². The SMILES string of the molecule is CN(CC(=O)Nc1ccccc1Br)C1CCCCCC1. The molecular weight excluding hydrogens is 316 g/mol. The highest BCUT2D eigenvalue weighted by Crippen LogP contribution is 2.22. The van der Waals surface area contributed by atoms with E-state index in [1.807, 2.05) is 24.3 Å². The Morgan fingerprint density at radius 3 is 2.55 bits per heavy atom. The van der Waals surface area contributed by atoms with E-state index in [1.165, 1.54) is 38.5 Å². The van der Waals surface area contributed by atoms with Crippen LogP contribution < -0.4 is 5.32 Å². The molecule has 0 radical (unpaired) electrons.